The number of hydrogen-bond donors (Lipinski definition) is 1. The summed E-state index contributed by atoms with van der Waals surface area (Å²) in [5.41, 5.74) is 5.58. The summed E-state index contributed by atoms with van der Waals surface area (Å²) in [6, 6.07) is 1.85. The molecule has 2 rings (SSSR count). The molecular weight excluding hydrogens is 200 g/mol. The van der Waals surface area contributed by atoms with Crippen molar-refractivity contribution in [2.75, 3.05) is 25.4 Å². The fourth-order valence-electron chi connectivity index (χ4n) is 2.51. The van der Waals surface area contributed by atoms with Crippen molar-refractivity contribution in [1.82, 2.24) is 14.7 Å². The molecule has 0 aliphatic carbocycles. The van der Waals surface area contributed by atoms with Crippen molar-refractivity contribution < 1.29 is 0 Å². The van der Waals surface area contributed by atoms with Crippen molar-refractivity contribution in [2.24, 2.45) is 5.92 Å². The minimum Gasteiger partial charge on any atom is -0.382 e. The van der Waals surface area contributed by atoms with Gasteiger partial charge in [0.25, 0.3) is 0 Å². The Morgan fingerprint density at radius 2 is 2.38 bits per heavy atom. The Morgan fingerprint density at radius 1 is 1.50 bits per heavy atom. The van der Waals surface area contributed by atoms with Crippen LogP contribution in [0.4, 0.5) is 5.82 Å². The summed E-state index contributed by atoms with van der Waals surface area (Å²) in [6.07, 6.45) is 6.02. The van der Waals surface area contributed by atoms with E-state index in [4.69, 9.17) is 5.73 Å². The molecule has 1 aromatic heterocycles. The lowest BCUT2D eigenvalue weighted by Crippen LogP contribution is -2.25. The highest BCUT2D eigenvalue weighted by atomic mass is 15.3. The van der Waals surface area contributed by atoms with E-state index in [9.17, 15) is 0 Å². The zero-order chi connectivity index (χ0) is 11.4. The van der Waals surface area contributed by atoms with Crippen LogP contribution in [0.15, 0.2) is 12.3 Å². The van der Waals surface area contributed by atoms with Crippen molar-refractivity contribution in [1.29, 1.82) is 0 Å². The SMILES string of the molecule is CCCC1CCN(CCn2ccc(N)n2)C1. The molecule has 0 saturated carbocycles. The zero-order valence-corrected chi connectivity index (χ0v) is 10.1. The van der Waals surface area contributed by atoms with E-state index in [2.05, 4.69) is 16.9 Å². The van der Waals surface area contributed by atoms with E-state index in [1.807, 2.05) is 16.9 Å². The molecule has 1 saturated heterocycles. The molecule has 0 radical (unpaired) electrons. The highest BCUT2D eigenvalue weighted by Gasteiger charge is 2.20. The maximum atomic E-state index is 5.58. The summed E-state index contributed by atoms with van der Waals surface area (Å²) in [7, 11) is 0. The molecule has 1 aromatic rings. The van der Waals surface area contributed by atoms with Crippen molar-refractivity contribution in [3.05, 3.63) is 12.3 Å². The van der Waals surface area contributed by atoms with Crippen LogP contribution in [-0.4, -0.2) is 34.3 Å². The fraction of sp³-hybridized carbons (Fsp3) is 0.750. The maximum Gasteiger partial charge on any atom is 0.145 e. The van der Waals surface area contributed by atoms with Crippen LogP contribution in [0, 0.1) is 5.92 Å². The number of aromatic nitrogens is 2. The minimum atomic E-state index is 0.616. The lowest BCUT2D eigenvalue weighted by atomic mass is 10.0. The van der Waals surface area contributed by atoms with Crippen LogP contribution in [0.3, 0.4) is 0 Å². The van der Waals surface area contributed by atoms with Crippen LogP contribution in [0.5, 0.6) is 0 Å². The predicted molar refractivity (Wildman–Crippen MR) is 66.1 cm³/mol. The molecule has 0 bridgehead atoms. The van der Waals surface area contributed by atoms with Crippen LogP contribution < -0.4 is 5.73 Å². The van der Waals surface area contributed by atoms with Gasteiger partial charge < -0.3 is 10.6 Å². The van der Waals surface area contributed by atoms with Gasteiger partial charge in [-0.15, -0.1) is 0 Å². The second-order valence-corrected chi connectivity index (χ2v) is 4.75. The van der Waals surface area contributed by atoms with Crippen LogP contribution >= 0.6 is 0 Å². The summed E-state index contributed by atoms with van der Waals surface area (Å²) in [5.74, 6) is 1.54. The summed E-state index contributed by atoms with van der Waals surface area (Å²) in [6.45, 7) is 6.85. The highest BCUT2D eigenvalue weighted by molar-refractivity contribution is 5.23. The molecule has 1 aliphatic rings. The fourth-order valence-corrected chi connectivity index (χ4v) is 2.51. The van der Waals surface area contributed by atoms with Gasteiger partial charge in [0.1, 0.15) is 5.82 Å². The molecular formula is C12H22N4. The van der Waals surface area contributed by atoms with Crippen LogP contribution in [0.2, 0.25) is 0 Å². The van der Waals surface area contributed by atoms with Gasteiger partial charge in [0, 0.05) is 19.3 Å². The van der Waals surface area contributed by atoms with Gasteiger partial charge in [-0.05, 0) is 31.4 Å². The van der Waals surface area contributed by atoms with Gasteiger partial charge >= 0.3 is 0 Å². The number of hydrogen-bond acceptors (Lipinski definition) is 3. The Morgan fingerprint density at radius 3 is 3.06 bits per heavy atom. The molecule has 0 spiro atoms. The Kier molecular flexibility index (Phi) is 3.83. The molecule has 2 heterocycles. The molecule has 2 N–H and O–H groups in total. The second-order valence-electron chi connectivity index (χ2n) is 4.75. The third kappa shape index (κ3) is 2.98. The van der Waals surface area contributed by atoms with Crippen molar-refractivity contribution >= 4 is 5.82 Å². The number of nitrogens with two attached hydrogens (primary N) is 1. The van der Waals surface area contributed by atoms with E-state index >= 15 is 0 Å². The van der Waals surface area contributed by atoms with Crippen LogP contribution in [-0.2, 0) is 6.54 Å². The van der Waals surface area contributed by atoms with Gasteiger partial charge in [-0.25, -0.2) is 0 Å². The van der Waals surface area contributed by atoms with Crippen molar-refractivity contribution in [3.63, 3.8) is 0 Å². The van der Waals surface area contributed by atoms with E-state index in [1.165, 1.54) is 32.4 Å². The standard InChI is InChI=1S/C12H22N4/c1-2-3-11-4-6-15(10-11)8-9-16-7-5-12(13)14-16/h5,7,11H,2-4,6,8-10H2,1H3,(H2,13,14). The predicted octanol–water partition coefficient (Wildman–Crippen LogP) is 1.59. The van der Waals surface area contributed by atoms with Crippen molar-refractivity contribution in [3.8, 4) is 0 Å². The molecule has 1 unspecified atom stereocenters. The maximum absolute atomic E-state index is 5.58. The summed E-state index contributed by atoms with van der Waals surface area (Å²) < 4.78 is 1.93. The van der Waals surface area contributed by atoms with Gasteiger partial charge in [-0.2, -0.15) is 5.10 Å². The van der Waals surface area contributed by atoms with Gasteiger partial charge in [-0.1, -0.05) is 13.3 Å². The Balaban J connectivity index is 1.71. The first-order valence-electron chi connectivity index (χ1n) is 6.29. The Labute approximate surface area is 97.4 Å². The molecule has 1 atom stereocenters. The first-order valence-corrected chi connectivity index (χ1v) is 6.29. The average molecular weight is 222 g/mol. The number of nitrogen functional groups attached to an aromatic ring is 1. The number of likely N-dealkylation sites (tertiary alicyclic amines) is 1. The molecule has 1 fully saturated rings. The van der Waals surface area contributed by atoms with E-state index < -0.39 is 0 Å². The lowest BCUT2D eigenvalue weighted by molar-refractivity contribution is 0.301. The largest absolute Gasteiger partial charge is 0.382 e. The normalized spacial score (nSPS) is 21.7. The molecule has 90 valence electrons. The summed E-state index contributed by atoms with van der Waals surface area (Å²) in [5, 5.41) is 4.19. The number of anilines is 1. The molecule has 4 heteroatoms. The molecule has 0 amide bonds. The Hall–Kier alpha value is -1.03. The lowest BCUT2D eigenvalue weighted by Gasteiger charge is -2.15. The van der Waals surface area contributed by atoms with E-state index in [-0.39, 0.29) is 0 Å². The topological polar surface area (TPSA) is 47.1 Å². The molecule has 16 heavy (non-hydrogen) atoms. The molecule has 0 aromatic carbocycles. The van der Waals surface area contributed by atoms with Gasteiger partial charge in [0.2, 0.25) is 0 Å². The van der Waals surface area contributed by atoms with Gasteiger partial charge in [0.15, 0.2) is 0 Å². The smallest absolute Gasteiger partial charge is 0.145 e. The molecule has 1 aliphatic heterocycles. The van der Waals surface area contributed by atoms with E-state index in [1.54, 1.807) is 0 Å². The monoisotopic (exact) mass is 222 g/mol. The number of nitrogens with zero attached hydrogens (tertiary/aromatic N) is 3. The minimum absolute atomic E-state index is 0.616. The molecule has 4 nitrogen and oxygen atoms in total. The highest BCUT2D eigenvalue weighted by Crippen LogP contribution is 2.20. The average Bonchev–Trinajstić information content (AvgIpc) is 2.85. The summed E-state index contributed by atoms with van der Waals surface area (Å²) >= 11 is 0. The van der Waals surface area contributed by atoms with E-state index in [0.717, 1.165) is 19.0 Å². The summed E-state index contributed by atoms with van der Waals surface area (Å²) in [4.78, 5) is 2.54. The van der Waals surface area contributed by atoms with Crippen LogP contribution in [0.25, 0.3) is 0 Å². The third-order valence-corrected chi connectivity index (χ3v) is 3.37. The zero-order valence-electron chi connectivity index (χ0n) is 10.1. The quantitative estimate of drug-likeness (QED) is 0.823. The third-order valence-electron chi connectivity index (χ3n) is 3.37. The second kappa shape index (κ2) is 5.34. The van der Waals surface area contributed by atoms with E-state index in [0.29, 0.717) is 5.82 Å². The van der Waals surface area contributed by atoms with Crippen molar-refractivity contribution in [2.45, 2.75) is 32.7 Å². The first kappa shape index (κ1) is 11.5. The Bertz CT molecular complexity index is 321. The van der Waals surface area contributed by atoms with Crippen LogP contribution in [0.1, 0.15) is 26.2 Å². The first-order chi connectivity index (χ1) is 7.78. The number of rotatable bonds is 5. The van der Waals surface area contributed by atoms with Gasteiger partial charge in [-0.3, -0.25) is 4.68 Å². The van der Waals surface area contributed by atoms with Gasteiger partial charge in [0.05, 0.1) is 6.54 Å².